The molecule has 20 heavy (non-hydrogen) atoms. The molecule has 7 heteroatoms. The lowest BCUT2D eigenvalue weighted by Gasteiger charge is -2.04. The quantitative estimate of drug-likeness (QED) is 0.373. The normalized spacial score (nSPS) is 10.3. The monoisotopic (exact) mass is 310 g/mol. The van der Waals surface area contributed by atoms with Crippen LogP contribution in [-0.4, -0.2) is 15.7 Å². The molecule has 0 saturated carbocycles. The number of pyridine rings is 1. The number of carbonyl (C=O) groups is 1. The number of nitrogens with zero attached hydrogens (tertiary/aromatic N) is 2. The summed E-state index contributed by atoms with van der Waals surface area (Å²) in [7, 11) is 0. The maximum Gasteiger partial charge on any atom is 0.280 e. The van der Waals surface area contributed by atoms with E-state index in [1.54, 1.807) is 12.1 Å². The van der Waals surface area contributed by atoms with Gasteiger partial charge in [-0.1, -0.05) is 41.4 Å². The van der Waals surface area contributed by atoms with E-state index >= 15 is 0 Å². The zero-order chi connectivity index (χ0) is 14.7. The molecule has 0 bridgehead atoms. The molecule has 1 heterocycles. The Morgan fingerprint density at radius 2 is 1.90 bits per heavy atom. The summed E-state index contributed by atoms with van der Waals surface area (Å²) in [6.07, 6.45) is -0.0755. The maximum absolute atomic E-state index is 12.2. The smallest absolute Gasteiger partial charge is 0.280 e. The molecule has 0 atom stereocenters. The largest absolute Gasteiger partial charge is 0.294 e. The molecule has 2 rings (SSSR count). The number of Topliss-reactive ketones (excluding diaryl/α,β-unsaturated/α-hetero) is 1. The number of aromatic nitrogens is 1. The van der Waals surface area contributed by atoms with Gasteiger partial charge >= 0.3 is 0 Å². The fraction of sp³-hybridized carbons (Fsp3) is 0.0769. The first-order chi connectivity index (χ1) is 9.49. The molecule has 102 valence electrons. The second-order valence-electron chi connectivity index (χ2n) is 3.96. The highest BCUT2D eigenvalue weighted by Gasteiger charge is 2.20. The van der Waals surface area contributed by atoms with Crippen LogP contribution in [0.5, 0.6) is 0 Å². The first-order valence-corrected chi connectivity index (χ1v) is 6.32. The molecule has 0 aliphatic rings. The minimum Gasteiger partial charge on any atom is -0.294 e. The Labute approximate surface area is 124 Å². The van der Waals surface area contributed by atoms with Crippen molar-refractivity contribution in [3.05, 3.63) is 67.9 Å². The van der Waals surface area contributed by atoms with E-state index in [9.17, 15) is 14.9 Å². The van der Waals surface area contributed by atoms with Crippen LogP contribution >= 0.6 is 23.2 Å². The van der Waals surface area contributed by atoms with Crippen molar-refractivity contribution in [3.63, 3.8) is 0 Å². The highest BCUT2D eigenvalue weighted by atomic mass is 35.5. The predicted molar refractivity (Wildman–Crippen MR) is 75.4 cm³/mol. The van der Waals surface area contributed by atoms with Gasteiger partial charge in [0.25, 0.3) is 5.69 Å². The van der Waals surface area contributed by atoms with Crippen molar-refractivity contribution >= 4 is 34.7 Å². The molecule has 0 radical (unpaired) electrons. The molecule has 1 aromatic carbocycles. The Hall–Kier alpha value is -1.98. The second kappa shape index (κ2) is 5.98. The van der Waals surface area contributed by atoms with Gasteiger partial charge in [-0.3, -0.25) is 14.9 Å². The van der Waals surface area contributed by atoms with Crippen LogP contribution in [0.4, 0.5) is 5.69 Å². The molecule has 0 aliphatic carbocycles. The summed E-state index contributed by atoms with van der Waals surface area (Å²) in [5.74, 6) is -0.400. The molecule has 0 spiro atoms. The Morgan fingerprint density at radius 3 is 2.55 bits per heavy atom. The number of halogens is 2. The third-order valence-electron chi connectivity index (χ3n) is 2.64. The lowest BCUT2D eigenvalue weighted by molar-refractivity contribution is -0.385. The predicted octanol–water partition coefficient (Wildman–Crippen LogP) is 3.72. The van der Waals surface area contributed by atoms with E-state index in [1.165, 1.54) is 24.3 Å². The minimum absolute atomic E-state index is 0.0449. The summed E-state index contributed by atoms with van der Waals surface area (Å²) >= 11 is 11.5. The summed E-state index contributed by atoms with van der Waals surface area (Å²) in [5.41, 5.74) is 0.290. The van der Waals surface area contributed by atoms with Gasteiger partial charge < -0.3 is 0 Å². The van der Waals surface area contributed by atoms with Crippen LogP contribution in [0.3, 0.4) is 0 Å². The third kappa shape index (κ3) is 3.12. The van der Waals surface area contributed by atoms with Crippen molar-refractivity contribution in [2.75, 3.05) is 0 Å². The van der Waals surface area contributed by atoms with Crippen LogP contribution in [0, 0.1) is 10.1 Å². The highest BCUT2D eigenvalue weighted by Crippen LogP contribution is 2.22. The van der Waals surface area contributed by atoms with Crippen molar-refractivity contribution in [2.45, 2.75) is 6.42 Å². The molecule has 0 fully saturated rings. The average molecular weight is 311 g/mol. The fourth-order valence-corrected chi connectivity index (χ4v) is 2.12. The van der Waals surface area contributed by atoms with Crippen molar-refractivity contribution in [1.29, 1.82) is 0 Å². The first kappa shape index (κ1) is 14.4. The Kier molecular flexibility index (Phi) is 4.32. The Morgan fingerprint density at radius 1 is 1.20 bits per heavy atom. The summed E-state index contributed by atoms with van der Waals surface area (Å²) in [4.78, 5) is 26.3. The van der Waals surface area contributed by atoms with Crippen LogP contribution in [0.2, 0.25) is 10.3 Å². The number of nitro benzene ring substituents is 1. The molecular formula is C13H8Cl2N2O3. The highest BCUT2D eigenvalue weighted by molar-refractivity contribution is 6.33. The van der Waals surface area contributed by atoms with Gasteiger partial charge in [-0.05, 0) is 17.7 Å². The van der Waals surface area contributed by atoms with E-state index in [0.717, 1.165) is 0 Å². The molecular weight excluding hydrogens is 303 g/mol. The number of nitro groups is 1. The SMILES string of the molecule is O=C(Cc1ccc(Cl)nc1Cl)c1ccccc1[N+](=O)[O-]. The van der Waals surface area contributed by atoms with Crippen LogP contribution in [0.15, 0.2) is 36.4 Å². The van der Waals surface area contributed by atoms with Gasteiger partial charge in [0.15, 0.2) is 5.78 Å². The van der Waals surface area contributed by atoms with Gasteiger partial charge in [-0.25, -0.2) is 4.98 Å². The average Bonchev–Trinajstić information content (AvgIpc) is 2.41. The van der Waals surface area contributed by atoms with Gasteiger partial charge in [0, 0.05) is 12.5 Å². The number of ketones is 1. The molecule has 0 unspecified atom stereocenters. The zero-order valence-electron chi connectivity index (χ0n) is 10.0. The summed E-state index contributed by atoms with van der Waals surface area (Å²) in [5, 5.41) is 11.2. The van der Waals surface area contributed by atoms with E-state index in [0.29, 0.717) is 5.56 Å². The van der Waals surface area contributed by atoms with Gasteiger partial charge in [0.2, 0.25) is 0 Å². The number of benzene rings is 1. The first-order valence-electron chi connectivity index (χ1n) is 5.56. The van der Waals surface area contributed by atoms with E-state index in [2.05, 4.69) is 4.98 Å². The van der Waals surface area contributed by atoms with Crippen molar-refractivity contribution < 1.29 is 9.72 Å². The van der Waals surface area contributed by atoms with Crippen molar-refractivity contribution in [2.24, 2.45) is 0 Å². The number of carbonyl (C=O) groups excluding carboxylic acids is 1. The van der Waals surface area contributed by atoms with Gasteiger partial charge in [0.1, 0.15) is 10.3 Å². The molecule has 0 amide bonds. The lowest BCUT2D eigenvalue weighted by Crippen LogP contribution is -2.07. The summed E-state index contributed by atoms with van der Waals surface area (Å²) < 4.78 is 0. The number of rotatable bonds is 4. The third-order valence-corrected chi connectivity index (χ3v) is 3.18. The van der Waals surface area contributed by atoms with E-state index < -0.39 is 10.7 Å². The van der Waals surface area contributed by atoms with Crippen LogP contribution in [-0.2, 0) is 6.42 Å². The van der Waals surface area contributed by atoms with Crippen LogP contribution < -0.4 is 0 Å². The minimum atomic E-state index is -0.588. The van der Waals surface area contributed by atoms with Crippen molar-refractivity contribution in [3.8, 4) is 0 Å². The van der Waals surface area contributed by atoms with Gasteiger partial charge in [-0.15, -0.1) is 0 Å². The van der Waals surface area contributed by atoms with Gasteiger partial charge in [0.05, 0.1) is 10.5 Å². The van der Waals surface area contributed by atoms with Crippen LogP contribution in [0.1, 0.15) is 15.9 Å². The topological polar surface area (TPSA) is 73.1 Å². The molecule has 1 aromatic heterocycles. The second-order valence-corrected chi connectivity index (χ2v) is 4.70. The standard InChI is InChI=1S/C13H8Cl2N2O3/c14-12-6-5-8(13(15)16-12)7-11(18)9-3-1-2-4-10(9)17(19)20/h1-6H,7H2. The Bertz CT molecular complexity index is 689. The summed E-state index contributed by atoms with van der Waals surface area (Å²) in [6, 6.07) is 8.86. The molecule has 0 aliphatic heterocycles. The van der Waals surface area contributed by atoms with E-state index in [-0.39, 0.29) is 28.0 Å². The summed E-state index contributed by atoms with van der Waals surface area (Å²) in [6.45, 7) is 0. The zero-order valence-corrected chi connectivity index (χ0v) is 11.6. The number of hydrogen-bond acceptors (Lipinski definition) is 4. The van der Waals surface area contributed by atoms with E-state index in [1.807, 2.05) is 0 Å². The number of para-hydroxylation sites is 1. The molecule has 5 nitrogen and oxygen atoms in total. The fourth-order valence-electron chi connectivity index (χ4n) is 1.71. The molecule has 0 N–H and O–H groups in total. The van der Waals surface area contributed by atoms with Crippen molar-refractivity contribution in [1.82, 2.24) is 4.98 Å². The van der Waals surface area contributed by atoms with Gasteiger partial charge in [-0.2, -0.15) is 0 Å². The Balaban J connectivity index is 2.31. The van der Waals surface area contributed by atoms with E-state index in [4.69, 9.17) is 23.2 Å². The molecule has 2 aromatic rings. The van der Waals surface area contributed by atoms with Crippen LogP contribution in [0.25, 0.3) is 0 Å². The number of hydrogen-bond donors (Lipinski definition) is 0. The lowest BCUT2D eigenvalue weighted by atomic mass is 10.0. The molecule has 0 saturated heterocycles. The maximum atomic E-state index is 12.2.